The zero-order valence-electron chi connectivity index (χ0n) is 14.5. The van der Waals surface area contributed by atoms with Crippen molar-refractivity contribution in [2.45, 2.75) is 20.1 Å². The molecule has 3 aromatic rings. The van der Waals surface area contributed by atoms with Gasteiger partial charge in [0, 0.05) is 38.1 Å². The van der Waals surface area contributed by atoms with Gasteiger partial charge in [0.2, 0.25) is 5.88 Å². The Bertz CT molecular complexity index is 1030. The second-order valence-electron chi connectivity index (χ2n) is 6.29. The van der Waals surface area contributed by atoms with Crippen molar-refractivity contribution in [3.8, 4) is 11.6 Å². The zero-order valence-corrected chi connectivity index (χ0v) is 14.5. The van der Waals surface area contributed by atoms with Crippen LogP contribution in [0.15, 0.2) is 41.6 Å². The Morgan fingerprint density at radius 2 is 2.12 bits per heavy atom. The van der Waals surface area contributed by atoms with Crippen molar-refractivity contribution in [2.24, 2.45) is 0 Å². The molecule has 7 nitrogen and oxygen atoms in total. The van der Waals surface area contributed by atoms with Crippen LogP contribution in [0.5, 0.6) is 5.88 Å². The molecule has 4 rings (SSSR count). The summed E-state index contributed by atoms with van der Waals surface area (Å²) in [6, 6.07) is 6.61. The fourth-order valence-corrected chi connectivity index (χ4v) is 3.04. The Balaban J connectivity index is 1.53. The van der Waals surface area contributed by atoms with Crippen molar-refractivity contribution in [1.82, 2.24) is 19.1 Å². The fourth-order valence-electron chi connectivity index (χ4n) is 3.04. The van der Waals surface area contributed by atoms with Crippen LogP contribution < -0.4 is 15.3 Å². The Morgan fingerprint density at radius 3 is 2.85 bits per heavy atom. The van der Waals surface area contributed by atoms with E-state index in [0.29, 0.717) is 17.8 Å². The number of halogens is 1. The molecule has 0 amide bonds. The molecular formula is C18H18FN5O2. The smallest absolute Gasteiger partial charge is 0.352 e. The average molecular weight is 355 g/mol. The number of aryl methyl sites for hydroxylation is 1. The topological polar surface area (TPSA) is 65.2 Å². The Hall–Kier alpha value is -3.16. The molecule has 0 N–H and O–H groups in total. The number of hydrogen-bond acceptors (Lipinski definition) is 5. The molecule has 3 heterocycles. The summed E-state index contributed by atoms with van der Waals surface area (Å²) < 4.78 is 23.3. The summed E-state index contributed by atoms with van der Waals surface area (Å²) in [5.74, 6) is 0.649. The number of ether oxygens (including phenoxy) is 1. The minimum atomic E-state index is -0.367. The third-order valence-electron chi connectivity index (χ3n) is 4.50. The van der Waals surface area contributed by atoms with Crippen LogP contribution in [-0.4, -0.2) is 32.7 Å². The number of hydrogen-bond donors (Lipinski definition) is 0. The molecule has 134 valence electrons. The van der Waals surface area contributed by atoms with Crippen LogP contribution in [0.25, 0.3) is 5.69 Å². The van der Waals surface area contributed by atoms with Crippen LogP contribution >= 0.6 is 0 Å². The van der Waals surface area contributed by atoms with Gasteiger partial charge in [-0.15, -0.1) is 0 Å². The maximum atomic E-state index is 14.4. The van der Waals surface area contributed by atoms with E-state index in [1.54, 1.807) is 39.9 Å². The van der Waals surface area contributed by atoms with Crippen molar-refractivity contribution in [2.75, 3.05) is 18.5 Å². The summed E-state index contributed by atoms with van der Waals surface area (Å²) >= 11 is 0. The summed E-state index contributed by atoms with van der Waals surface area (Å²) in [6.45, 7) is 3.37. The maximum absolute atomic E-state index is 14.4. The second kappa shape index (κ2) is 6.29. The highest BCUT2D eigenvalue weighted by atomic mass is 19.1. The van der Waals surface area contributed by atoms with Gasteiger partial charge in [0.05, 0.1) is 12.0 Å². The van der Waals surface area contributed by atoms with Crippen LogP contribution in [-0.2, 0) is 13.2 Å². The minimum absolute atomic E-state index is 0.125. The standard InChI is InChI=1S/C18H18FN5O2/c1-12-9-20-11-24(12)15-4-3-13(7-14(15)19)10-26-16-8-17-22(2)5-6-23(17)18(25)21-16/h3-4,7-9,11H,5-6,10H2,1-2H3. The first-order valence-corrected chi connectivity index (χ1v) is 8.26. The molecular weight excluding hydrogens is 337 g/mol. The number of anilines is 1. The summed E-state index contributed by atoms with van der Waals surface area (Å²) in [5, 5.41) is 0. The highest BCUT2D eigenvalue weighted by Gasteiger charge is 2.19. The van der Waals surface area contributed by atoms with Crippen LogP contribution in [0.3, 0.4) is 0 Å². The van der Waals surface area contributed by atoms with Gasteiger partial charge in [-0.3, -0.25) is 4.57 Å². The molecule has 1 aromatic carbocycles. The van der Waals surface area contributed by atoms with Gasteiger partial charge in [0.15, 0.2) is 0 Å². The van der Waals surface area contributed by atoms with E-state index in [2.05, 4.69) is 9.97 Å². The molecule has 1 aliphatic heterocycles. The summed E-state index contributed by atoms with van der Waals surface area (Å²) in [7, 11) is 1.91. The number of imidazole rings is 1. The van der Waals surface area contributed by atoms with E-state index in [-0.39, 0.29) is 24.0 Å². The SMILES string of the molecule is Cc1cncn1-c1ccc(COc2cc3n(c(=O)n2)CCN3C)cc1F. The molecule has 0 atom stereocenters. The monoisotopic (exact) mass is 355 g/mol. The van der Waals surface area contributed by atoms with Crippen molar-refractivity contribution in [3.63, 3.8) is 0 Å². The lowest BCUT2D eigenvalue weighted by Crippen LogP contribution is -2.22. The molecule has 0 unspecified atom stereocenters. The van der Waals surface area contributed by atoms with E-state index in [4.69, 9.17) is 4.74 Å². The first-order valence-electron chi connectivity index (χ1n) is 8.26. The molecule has 1 aliphatic rings. The van der Waals surface area contributed by atoms with Gasteiger partial charge in [0.1, 0.15) is 18.2 Å². The van der Waals surface area contributed by atoms with Gasteiger partial charge in [-0.2, -0.15) is 4.98 Å². The lowest BCUT2D eigenvalue weighted by molar-refractivity contribution is 0.291. The summed E-state index contributed by atoms with van der Waals surface area (Å²) in [6.07, 6.45) is 3.24. The van der Waals surface area contributed by atoms with E-state index in [1.807, 2.05) is 18.9 Å². The number of benzene rings is 1. The third-order valence-corrected chi connectivity index (χ3v) is 4.50. The number of nitrogens with zero attached hydrogens (tertiary/aromatic N) is 5. The fraction of sp³-hybridized carbons (Fsp3) is 0.278. The van der Waals surface area contributed by atoms with Crippen LogP contribution in [0.2, 0.25) is 0 Å². The van der Waals surface area contributed by atoms with Crippen molar-refractivity contribution in [1.29, 1.82) is 0 Å². The van der Waals surface area contributed by atoms with Gasteiger partial charge in [-0.25, -0.2) is 14.2 Å². The highest BCUT2D eigenvalue weighted by Crippen LogP contribution is 2.22. The molecule has 0 spiro atoms. The first kappa shape index (κ1) is 16.3. The van der Waals surface area contributed by atoms with Gasteiger partial charge in [0.25, 0.3) is 0 Å². The van der Waals surface area contributed by atoms with Crippen LogP contribution in [0.4, 0.5) is 10.2 Å². The lowest BCUT2D eigenvalue weighted by Gasteiger charge is -2.13. The normalized spacial score (nSPS) is 13.1. The van der Waals surface area contributed by atoms with E-state index < -0.39 is 0 Å². The van der Waals surface area contributed by atoms with Crippen molar-refractivity contribution in [3.05, 3.63) is 64.3 Å². The van der Waals surface area contributed by atoms with Crippen molar-refractivity contribution < 1.29 is 9.13 Å². The van der Waals surface area contributed by atoms with Crippen molar-refractivity contribution >= 4 is 5.82 Å². The molecule has 26 heavy (non-hydrogen) atoms. The Morgan fingerprint density at radius 1 is 1.27 bits per heavy atom. The molecule has 8 heteroatoms. The van der Waals surface area contributed by atoms with Gasteiger partial charge >= 0.3 is 5.69 Å². The minimum Gasteiger partial charge on any atom is -0.473 e. The van der Waals surface area contributed by atoms with Gasteiger partial charge in [-0.1, -0.05) is 6.07 Å². The summed E-state index contributed by atoms with van der Waals surface area (Å²) in [4.78, 5) is 21.9. The van der Waals surface area contributed by atoms with Crippen LogP contribution in [0.1, 0.15) is 11.3 Å². The first-order chi connectivity index (χ1) is 12.5. The molecule has 0 aliphatic carbocycles. The quantitative estimate of drug-likeness (QED) is 0.715. The lowest BCUT2D eigenvalue weighted by atomic mass is 10.2. The highest BCUT2D eigenvalue weighted by molar-refractivity contribution is 5.44. The summed E-state index contributed by atoms with van der Waals surface area (Å²) in [5.41, 5.74) is 1.60. The van der Waals surface area contributed by atoms with Crippen LogP contribution in [0, 0.1) is 12.7 Å². The third kappa shape index (κ3) is 2.83. The maximum Gasteiger partial charge on any atom is 0.352 e. The number of aromatic nitrogens is 4. The number of rotatable bonds is 4. The van der Waals surface area contributed by atoms with E-state index >= 15 is 0 Å². The van der Waals surface area contributed by atoms with Gasteiger partial charge in [-0.05, 0) is 24.6 Å². The predicted octanol–water partition coefficient (Wildman–Crippen LogP) is 1.91. The second-order valence-corrected chi connectivity index (χ2v) is 6.29. The molecule has 2 aromatic heterocycles. The molecule has 0 bridgehead atoms. The number of fused-ring (bicyclic) bond motifs is 1. The largest absolute Gasteiger partial charge is 0.473 e. The zero-order chi connectivity index (χ0) is 18.3. The molecule has 0 fully saturated rings. The van der Waals surface area contributed by atoms with E-state index in [1.165, 1.54) is 6.07 Å². The predicted molar refractivity (Wildman–Crippen MR) is 94.4 cm³/mol. The van der Waals surface area contributed by atoms with Gasteiger partial charge < -0.3 is 14.2 Å². The number of likely N-dealkylation sites (N-methyl/N-ethyl adjacent to an activating group) is 1. The molecule has 0 radical (unpaired) electrons. The molecule has 0 saturated carbocycles. The Kier molecular flexibility index (Phi) is 3.95. The Labute approximate surface area is 149 Å². The van der Waals surface area contributed by atoms with E-state index in [0.717, 1.165) is 18.1 Å². The average Bonchev–Trinajstić information content (AvgIpc) is 3.20. The van der Waals surface area contributed by atoms with E-state index in [9.17, 15) is 9.18 Å². The molecule has 0 saturated heterocycles.